The van der Waals surface area contributed by atoms with Gasteiger partial charge in [0, 0.05) is 41.4 Å². The van der Waals surface area contributed by atoms with Crippen molar-refractivity contribution in [2.24, 2.45) is 0 Å². The number of carbonyl (C=O) groups excluding carboxylic acids is 1. The smallest absolute Gasteiger partial charge is 0.253 e. The Hall–Kier alpha value is -2.18. The fraction of sp³-hybridized carbons (Fsp3) is 0.222. The van der Waals surface area contributed by atoms with Gasteiger partial charge in [-0.1, -0.05) is 24.3 Å². The van der Waals surface area contributed by atoms with E-state index in [0.717, 1.165) is 22.8 Å². The van der Waals surface area contributed by atoms with Gasteiger partial charge in [0.05, 0.1) is 5.56 Å². The highest BCUT2D eigenvalue weighted by molar-refractivity contribution is 9.10. The quantitative estimate of drug-likeness (QED) is 0.650. The molecule has 4 rings (SSSR count). The topological polar surface area (TPSA) is 69.8 Å². The van der Waals surface area contributed by atoms with Crippen molar-refractivity contribution >= 4 is 32.9 Å². The van der Waals surface area contributed by atoms with Crippen molar-refractivity contribution in [2.45, 2.75) is 19.0 Å². The molecule has 24 heavy (non-hydrogen) atoms. The monoisotopic (exact) mass is 384 g/mol. The molecule has 1 aliphatic heterocycles. The fourth-order valence-electron chi connectivity index (χ4n) is 3.14. The number of halogens is 1. The van der Waals surface area contributed by atoms with Gasteiger partial charge in [-0.2, -0.15) is 0 Å². The lowest BCUT2D eigenvalue weighted by Crippen LogP contribution is -2.44. The molecule has 0 aliphatic carbocycles. The SMILES string of the molecule is O=C(NCC1Cc2ccccc2CN1)c1c[nH]c2ncc(Br)cc12. The Kier molecular flexibility index (Phi) is 4.08. The number of nitrogens with zero attached hydrogens (tertiary/aromatic N) is 1. The summed E-state index contributed by atoms with van der Waals surface area (Å²) < 4.78 is 0.856. The largest absolute Gasteiger partial charge is 0.350 e. The Morgan fingerprint density at radius 1 is 1.33 bits per heavy atom. The maximum absolute atomic E-state index is 12.5. The first-order valence-corrected chi connectivity index (χ1v) is 8.71. The van der Waals surface area contributed by atoms with Crippen LogP contribution in [0.25, 0.3) is 11.0 Å². The molecule has 1 aromatic carbocycles. The fourth-order valence-corrected chi connectivity index (χ4v) is 3.47. The van der Waals surface area contributed by atoms with Crippen LogP contribution in [0.4, 0.5) is 0 Å². The Bertz CT molecular complexity index is 905. The third-order valence-electron chi connectivity index (χ3n) is 4.42. The number of fused-ring (bicyclic) bond motifs is 2. The molecule has 3 aromatic rings. The normalized spacial score (nSPS) is 16.8. The van der Waals surface area contributed by atoms with Gasteiger partial charge < -0.3 is 15.6 Å². The highest BCUT2D eigenvalue weighted by atomic mass is 79.9. The van der Waals surface area contributed by atoms with Crippen LogP contribution in [0, 0.1) is 0 Å². The van der Waals surface area contributed by atoms with E-state index < -0.39 is 0 Å². The molecule has 1 atom stereocenters. The van der Waals surface area contributed by atoms with Gasteiger partial charge in [0.2, 0.25) is 0 Å². The number of benzene rings is 1. The average Bonchev–Trinajstić information content (AvgIpc) is 3.02. The molecule has 3 N–H and O–H groups in total. The lowest BCUT2D eigenvalue weighted by Gasteiger charge is -2.26. The molecule has 0 bridgehead atoms. The number of hydrogen-bond donors (Lipinski definition) is 3. The van der Waals surface area contributed by atoms with Gasteiger partial charge in [0.25, 0.3) is 5.91 Å². The van der Waals surface area contributed by atoms with Crippen LogP contribution < -0.4 is 10.6 Å². The molecule has 1 amide bonds. The summed E-state index contributed by atoms with van der Waals surface area (Å²) in [6.45, 7) is 1.45. The van der Waals surface area contributed by atoms with Gasteiger partial charge in [-0.3, -0.25) is 4.79 Å². The molecule has 0 radical (unpaired) electrons. The van der Waals surface area contributed by atoms with Crippen LogP contribution in [-0.2, 0) is 13.0 Å². The number of pyridine rings is 1. The van der Waals surface area contributed by atoms with Gasteiger partial charge in [0.15, 0.2) is 0 Å². The predicted molar refractivity (Wildman–Crippen MR) is 96.9 cm³/mol. The minimum absolute atomic E-state index is 0.0817. The Balaban J connectivity index is 1.44. The van der Waals surface area contributed by atoms with Crippen LogP contribution >= 0.6 is 15.9 Å². The minimum Gasteiger partial charge on any atom is -0.350 e. The maximum Gasteiger partial charge on any atom is 0.253 e. The number of aromatic nitrogens is 2. The molecule has 5 nitrogen and oxygen atoms in total. The second-order valence-electron chi connectivity index (χ2n) is 6.01. The highest BCUT2D eigenvalue weighted by Crippen LogP contribution is 2.21. The molecule has 3 heterocycles. The molecular weight excluding hydrogens is 368 g/mol. The lowest BCUT2D eigenvalue weighted by atomic mass is 9.96. The van der Waals surface area contributed by atoms with Crippen LogP contribution in [-0.4, -0.2) is 28.5 Å². The predicted octanol–water partition coefficient (Wildman–Crippen LogP) is 2.77. The van der Waals surface area contributed by atoms with Crippen molar-refractivity contribution in [3.8, 4) is 0 Å². The van der Waals surface area contributed by atoms with E-state index in [2.05, 4.69) is 60.8 Å². The highest BCUT2D eigenvalue weighted by Gasteiger charge is 2.19. The zero-order chi connectivity index (χ0) is 16.5. The summed E-state index contributed by atoms with van der Waals surface area (Å²) in [6.07, 6.45) is 4.35. The number of rotatable bonds is 3. The van der Waals surface area contributed by atoms with Crippen LogP contribution in [0.1, 0.15) is 21.5 Å². The van der Waals surface area contributed by atoms with Crippen LogP contribution in [0.2, 0.25) is 0 Å². The number of nitrogens with one attached hydrogen (secondary N) is 3. The molecule has 0 saturated heterocycles. The van der Waals surface area contributed by atoms with E-state index in [1.165, 1.54) is 11.1 Å². The van der Waals surface area contributed by atoms with Crippen LogP contribution in [0.5, 0.6) is 0 Å². The van der Waals surface area contributed by atoms with E-state index in [0.29, 0.717) is 17.8 Å². The summed E-state index contributed by atoms with van der Waals surface area (Å²) in [5.41, 5.74) is 4.03. The van der Waals surface area contributed by atoms with Gasteiger partial charge in [-0.05, 0) is 39.5 Å². The number of hydrogen-bond acceptors (Lipinski definition) is 3. The minimum atomic E-state index is -0.0817. The third kappa shape index (κ3) is 2.95. The van der Waals surface area contributed by atoms with Crippen molar-refractivity contribution in [1.29, 1.82) is 0 Å². The summed E-state index contributed by atoms with van der Waals surface area (Å²) in [4.78, 5) is 19.8. The van der Waals surface area contributed by atoms with Gasteiger partial charge >= 0.3 is 0 Å². The average molecular weight is 385 g/mol. The van der Waals surface area contributed by atoms with Crippen molar-refractivity contribution in [3.63, 3.8) is 0 Å². The first-order chi connectivity index (χ1) is 11.7. The molecule has 1 unspecified atom stereocenters. The van der Waals surface area contributed by atoms with E-state index in [1.807, 2.05) is 6.07 Å². The zero-order valence-electron chi connectivity index (χ0n) is 13.0. The van der Waals surface area contributed by atoms with E-state index in [9.17, 15) is 4.79 Å². The van der Waals surface area contributed by atoms with Crippen LogP contribution in [0.3, 0.4) is 0 Å². The van der Waals surface area contributed by atoms with Gasteiger partial charge in [-0.25, -0.2) is 4.98 Å². The summed E-state index contributed by atoms with van der Waals surface area (Å²) in [7, 11) is 0. The standard InChI is InChI=1S/C18H17BrN4O/c19-13-6-15-16(10-22-17(15)21-8-13)18(24)23-9-14-5-11-3-1-2-4-12(11)7-20-14/h1-4,6,8,10,14,20H,5,7,9H2,(H,21,22)(H,23,24). The van der Waals surface area contributed by atoms with Crippen molar-refractivity contribution in [2.75, 3.05) is 6.54 Å². The van der Waals surface area contributed by atoms with Crippen molar-refractivity contribution in [3.05, 3.63) is 63.9 Å². The second kappa shape index (κ2) is 6.37. The first kappa shape index (κ1) is 15.4. The van der Waals surface area contributed by atoms with Crippen LogP contribution in [0.15, 0.2) is 47.2 Å². The zero-order valence-corrected chi connectivity index (χ0v) is 14.6. The molecule has 0 spiro atoms. The maximum atomic E-state index is 12.5. The Morgan fingerprint density at radius 2 is 2.17 bits per heavy atom. The summed E-state index contributed by atoms with van der Waals surface area (Å²) in [6, 6.07) is 10.6. The molecule has 2 aromatic heterocycles. The van der Waals surface area contributed by atoms with Crippen molar-refractivity contribution in [1.82, 2.24) is 20.6 Å². The molecule has 1 aliphatic rings. The number of aromatic amines is 1. The Morgan fingerprint density at radius 3 is 3.04 bits per heavy atom. The summed E-state index contributed by atoms with van der Waals surface area (Å²) in [5, 5.41) is 7.34. The summed E-state index contributed by atoms with van der Waals surface area (Å²) in [5.74, 6) is -0.0817. The van der Waals surface area contributed by atoms with E-state index in [1.54, 1.807) is 12.4 Å². The van der Waals surface area contributed by atoms with E-state index in [4.69, 9.17) is 0 Å². The second-order valence-corrected chi connectivity index (χ2v) is 6.93. The number of H-pyrrole nitrogens is 1. The van der Waals surface area contributed by atoms with Gasteiger partial charge in [-0.15, -0.1) is 0 Å². The third-order valence-corrected chi connectivity index (χ3v) is 4.85. The molecule has 6 heteroatoms. The molecular formula is C18H17BrN4O. The van der Waals surface area contributed by atoms with Crippen molar-refractivity contribution < 1.29 is 4.79 Å². The van der Waals surface area contributed by atoms with E-state index in [-0.39, 0.29) is 11.9 Å². The van der Waals surface area contributed by atoms with Gasteiger partial charge in [0.1, 0.15) is 5.65 Å². The first-order valence-electron chi connectivity index (χ1n) is 7.92. The number of amides is 1. The summed E-state index contributed by atoms with van der Waals surface area (Å²) >= 11 is 3.40. The molecule has 0 fully saturated rings. The lowest BCUT2D eigenvalue weighted by molar-refractivity contribution is 0.0950. The number of carbonyl (C=O) groups is 1. The molecule has 0 saturated carbocycles. The Labute approximate surface area is 148 Å². The molecule has 122 valence electrons. The van der Waals surface area contributed by atoms with E-state index >= 15 is 0 Å².